The summed E-state index contributed by atoms with van der Waals surface area (Å²) in [4.78, 5) is 34.0. The molecule has 0 bridgehead atoms. The molecule has 0 saturated heterocycles. The number of alkyl halides is 2. The second-order valence-corrected chi connectivity index (χ2v) is 3.23. The molecule has 0 aliphatic carbocycles. The highest BCUT2D eigenvalue weighted by atomic mass is 19.3. The predicted molar refractivity (Wildman–Crippen MR) is 55.8 cm³/mol. The molecule has 0 aromatic heterocycles. The van der Waals surface area contributed by atoms with Gasteiger partial charge in [-0.1, -0.05) is 0 Å². The molecular weight excluding hydrogens is 252 g/mol. The predicted octanol–water partition coefficient (Wildman–Crippen LogP) is 0.253. The van der Waals surface area contributed by atoms with E-state index in [1.54, 1.807) is 5.32 Å². The van der Waals surface area contributed by atoms with Gasteiger partial charge in [-0.25, -0.2) is 18.4 Å². The first-order valence-corrected chi connectivity index (χ1v) is 5.24. The van der Waals surface area contributed by atoms with Gasteiger partial charge in [0.1, 0.15) is 0 Å². The van der Waals surface area contributed by atoms with Crippen LogP contribution in [0.3, 0.4) is 0 Å². The highest BCUT2D eigenvalue weighted by Gasteiger charge is 2.58. The topological polar surface area (TPSA) is 81.7 Å². The summed E-state index contributed by atoms with van der Waals surface area (Å²) in [6.07, 6.45) is -3.49. The van der Waals surface area contributed by atoms with Crippen LogP contribution in [0, 0.1) is 0 Å². The number of amides is 1. The molecule has 0 unspecified atom stereocenters. The van der Waals surface area contributed by atoms with Crippen molar-refractivity contribution in [3.05, 3.63) is 0 Å². The number of carbonyl (C=O) groups excluding carboxylic acids is 3. The summed E-state index contributed by atoms with van der Waals surface area (Å²) in [5, 5.41) is 1.62. The Bertz CT molecular complexity index is 314. The highest BCUT2D eigenvalue weighted by Crippen LogP contribution is 2.20. The van der Waals surface area contributed by atoms with Crippen molar-refractivity contribution >= 4 is 17.8 Å². The fourth-order valence-corrected chi connectivity index (χ4v) is 1.19. The molecule has 0 rings (SSSR count). The van der Waals surface area contributed by atoms with Crippen LogP contribution < -0.4 is 5.32 Å². The van der Waals surface area contributed by atoms with Crippen molar-refractivity contribution in [2.24, 2.45) is 0 Å². The maximum absolute atomic E-state index is 13.0. The zero-order chi connectivity index (χ0) is 14.3. The van der Waals surface area contributed by atoms with Crippen molar-refractivity contribution in [3.8, 4) is 0 Å². The van der Waals surface area contributed by atoms with Gasteiger partial charge in [-0.15, -0.1) is 0 Å². The molecular formula is C10H15F2NO5. The van der Waals surface area contributed by atoms with E-state index in [4.69, 9.17) is 0 Å². The molecule has 0 saturated carbocycles. The van der Waals surface area contributed by atoms with Gasteiger partial charge in [-0.3, -0.25) is 4.79 Å². The highest BCUT2D eigenvalue weighted by molar-refractivity contribution is 6.08. The molecule has 0 aliphatic heterocycles. The van der Waals surface area contributed by atoms with E-state index >= 15 is 0 Å². The largest absolute Gasteiger partial charge is 0.464 e. The third kappa shape index (κ3) is 3.38. The number of nitrogens with one attached hydrogen (secondary N) is 1. The van der Waals surface area contributed by atoms with E-state index in [2.05, 4.69) is 9.47 Å². The number of esters is 2. The zero-order valence-corrected chi connectivity index (χ0v) is 10.3. The van der Waals surface area contributed by atoms with Gasteiger partial charge in [0.25, 0.3) is 12.0 Å². The van der Waals surface area contributed by atoms with E-state index in [-0.39, 0.29) is 13.2 Å². The Balaban J connectivity index is 5.48. The lowest BCUT2D eigenvalue weighted by atomic mass is 10.0. The summed E-state index contributed by atoms with van der Waals surface area (Å²) in [6.45, 7) is 3.23. The van der Waals surface area contributed by atoms with Crippen molar-refractivity contribution in [1.82, 2.24) is 5.32 Å². The Kier molecular flexibility index (Phi) is 6.21. The molecule has 0 radical (unpaired) electrons. The van der Waals surface area contributed by atoms with Crippen molar-refractivity contribution in [2.45, 2.75) is 32.7 Å². The SMILES string of the molecule is CCOC(=O)C(NC(C)=O)(C(=O)OCC)C(F)F. The van der Waals surface area contributed by atoms with Gasteiger partial charge in [0, 0.05) is 6.92 Å². The lowest BCUT2D eigenvalue weighted by molar-refractivity contribution is -0.177. The number of rotatable bonds is 6. The summed E-state index contributed by atoms with van der Waals surface area (Å²) >= 11 is 0. The Morgan fingerprint density at radius 1 is 1.11 bits per heavy atom. The fourth-order valence-electron chi connectivity index (χ4n) is 1.19. The molecule has 0 atom stereocenters. The lowest BCUT2D eigenvalue weighted by Gasteiger charge is -2.28. The molecule has 104 valence electrons. The number of carbonyl (C=O) groups is 3. The molecule has 0 fully saturated rings. The van der Waals surface area contributed by atoms with Crippen LogP contribution in [0.15, 0.2) is 0 Å². The van der Waals surface area contributed by atoms with Gasteiger partial charge < -0.3 is 14.8 Å². The van der Waals surface area contributed by atoms with Crippen LogP contribution in [0.1, 0.15) is 20.8 Å². The molecule has 0 aliphatic rings. The Hall–Kier alpha value is -1.73. The third-order valence-corrected chi connectivity index (χ3v) is 1.90. The average molecular weight is 267 g/mol. The van der Waals surface area contributed by atoms with Crippen molar-refractivity contribution in [1.29, 1.82) is 0 Å². The smallest absolute Gasteiger partial charge is 0.349 e. The van der Waals surface area contributed by atoms with E-state index in [1.807, 2.05) is 0 Å². The first kappa shape index (κ1) is 16.3. The number of halogens is 2. The summed E-state index contributed by atoms with van der Waals surface area (Å²) < 4.78 is 34.9. The Morgan fingerprint density at radius 2 is 1.50 bits per heavy atom. The van der Waals surface area contributed by atoms with Gasteiger partial charge in [-0.05, 0) is 13.8 Å². The van der Waals surface area contributed by atoms with Crippen LogP contribution in [0.25, 0.3) is 0 Å². The number of hydrogen-bond donors (Lipinski definition) is 1. The van der Waals surface area contributed by atoms with E-state index in [0.717, 1.165) is 6.92 Å². The molecule has 18 heavy (non-hydrogen) atoms. The molecule has 1 amide bonds. The second-order valence-electron chi connectivity index (χ2n) is 3.23. The summed E-state index contributed by atoms with van der Waals surface area (Å²) in [6, 6.07) is 0. The second kappa shape index (κ2) is 6.87. The molecule has 1 N–H and O–H groups in total. The van der Waals surface area contributed by atoms with Crippen LogP contribution in [0.2, 0.25) is 0 Å². The first-order chi connectivity index (χ1) is 8.32. The van der Waals surface area contributed by atoms with Gasteiger partial charge in [-0.2, -0.15) is 0 Å². The third-order valence-electron chi connectivity index (χ3n) is 1.90. The Labute approximate surface area is 103 Å². The summed E-state index contributed by atoms with van der Waals surface area (Å²) in [5.74, 6) is -4.07. The summed E-state index contributed by atoms with van der Waals surface area (Å²) in [7, 11) is 0. The monoisotopic (exact) mass is 267 g/mol. The van der Waals surface area contributed by atoms with E-state index in [1.165, 1.54) is 13.8 Å². The van der Waals surface area contributed by atoms with Crippen molar-refractivity contribution < 1.29 is 32.6 Å². The van der Waals surface area contributed by atoms with E-state index in [9.17, 15) is 23.2 Å². The molecule has 8 heteroatoms. The average Bonchev–Trinajstić information content (AvgIpc) is 2.25. The van der Waals surface area contributed by atoms with Gasteiger partial charge in [0.05, 0.1) is 13.2 Å². The maximum Gasteiger partial charge on any atom is 0.349 e. The van der Waals surface area contributed by atoms with Crippen LogP contribution in [0.5, 0.6) is 0 Å². The van der Waals surface area contributed by atoms with Crippen LogP contribution in [-0.4, -0.2) is 43.0 Å². The van der Waals surface area contributed by atoms with Gasteiger partial charge in [0.2, 0.25) is 5.91 Å². The minimum absolute atomic E-state index is 0.216. The molecule has 0 aromatic carbocycles. The molecule has 0 aromatic rings. The first-order valence-electron chi connectivity index (χ1n) is 5.24. The van der Waals surface area contributed by atoms with Crippen LogP contribution in [0.4, 0.5) is 8.78 Å². The van der Waals surface area contributed by atoms with Crippen LogP contribution >= 0.6 is 0 Å². The van der Waals surface area contributed by atoms with Gasteiger partial charge >= 0.3 is 11.9 Å². The maximum atomic E-state index is 13.0. The normalized spacial score (nSPS) is 11.0. The quantitative estimate of drug-likeness (QED) is 0.551. The molecule has 0 spiro atoms. The lowest BCUT2D eigenvalue weighted by Crippen LogP contribution is -2.65. The summed E-state index contributed by atoms with van der Waals surface area (Å²) in [5.41, 5.74) is -3.11. The van der Waals surface area contributed by atoms with Crippen LogP contribution in [-0.2, 0) is 23.9 Å². The molecule has 6 nitrogen and oxygen atoms in total. The van der Waals surface area contributed by atoms with E-state index < -0.39 is 29.8 Å². The number of ether oxygens (including phenoxy) is 2. The fraction of sp³-hybridized carbons (Fsp3) is 0.700. The standard InChI is InChI=1S/C10H15F2NO5/c1-4-17-8(15)10(7(11)12,13-6(3)14)9(16)18-5-2/h7H,4-5H2,1-3H3,(H,13,14). The minimum Gasteiger partial charge on any atom is -0.464 e. The minimum atomic E-state index is -3.49. The van der Waals surface area contributed by atoms with Crippen molar-refractivity contribution in [2.75, 3.05) is 13.2 Å². The Morgan fingerprint density at radius 3 is 1.72 bits per heavy atom. The van der Waals surface area contributed by atoms with E-state index in [0.29, 0.717) is 0 Å². The molecule has 0 heterocycles. The zero-order valence-electron chi connectivity index (χ0n) is 10.3. The number of hydrogen-bond acceptors (Lipinski definition) is 5. The van der Waals surface area contributed by atoms with Crippen molar-refractivity contribution in [3.63, 3.8) is 0 Å². The van der Waals surface area contributed by atoms with Gasteiger partial charge in [0.15, 0.2) is 0 Å².